The van der Waals surface area contributed by atoms with Gasteiger partial charge in [-0.1, -0.05) is 6.42 Å². The van der Waals surface area contributed by atoms with E-state index in [0.717, 1.165) is 24.5 Å². The first kappa shape index (κ1) is 14.4. The molecule has 0 spiro atoms. The summed E-state index contributed by atoms with van der Waals surface area (Å²) in [6, 6.07) is 1.44. The summed E-state index contributed by atoms with van der Waals surface area (Å²) in [5.41, 5.74) is -0.179. The van der Waals surface area contributed by atoms with Crippen molar-refractivity contribution < 1.29 is 18.0 Å². The maximum atomic E-state index is 13.2. The lowest BCUT2D eigenvalue weighted by atomic mass is 9.84. The van der Waals surface area contributed by atoms with Crippen LogP contribution in [0.25, 0.3) is 0 Å². The Balaban J connectivity index is 1.69. The van der Waals surface area contributed by atoms with Gasteiger partial charge in [-0.2, -0.15) is 0 Å². The number of hydrogen-bond donors (Lipinski definition) is 1. The topological polar surface area (TPSA) is 29.1 Å². The number of benzene rings is 1. The van der Waals surface area contributed by atoms with Crippen molar-refractivity contribution in [2.45, 2.75) is 38.6 Å². The highest BCUT2D eigenvalue weighted by Gasteiger charge is 2.42. The maximum absolute atomic E-state index is 13.2. The van der Waals surface area contributed by atoms with Crippen LogP contribution in [0.2, 0.25) is 0 Å². The van der Waals surface area contributed by atoms with E-state index in [-0.39, 0.29) is 11.6 Å². The van der Waals surface area contributed by atoms with Gasteiger partial charge in [-0.05, 0) is 56.1 Å². The molecule has 0 radical (unpaired) electrons. The van der Waals surface area contributed by atoms with Crippen LogP contribution in [0.4, 0.5) is 13.2 Å². The van der Waals surface area contributed by atoms with E-state index in [9.17, 15) is 18.0 Å². The summed E-state index contributed by atoms with van der Waals surface area (Å²) >= 11 is 0. The molecule has 1 amide bonds. The van der Waals surface area contributed by atoms with Crippen LogP contribution in [0.15, 0.2) is 12.1 Å². The van der Waals surface area contributed by atoms with Crippen LogP contribution in [0.3, 0.4) is 0 Å². The lowest BCUT2D eigenvalue weighted by Gasteiger charge is -2.28. The van der Waals surface area contributed by atoms with Gasteiger partial charge >= 0.3 is 0 Å². The molecule has 4 atom stereocenters. The fraction of sp³-hybridized carbons (Fsp3) is 0.562. The monoisotopic (exact) mass is 297 g/mol. The lowest BCUT2D eigenvalue weighted by Crippen LogP contribution is -2.40. The van der Waals surface area contributed by atoms with E-state index < -0.39 is 23.4 Å². The number of carbonyl (C=O) groups is 1. The third kappa shape index (κ3) is 2.65. The van der Waals surface area contributed by atoms with Gasteiger partial charge in [-0.3, -0.25) is 4.79 Å². The van der Waals surface area contributed by atoms with Gasteiger partial charge in [0.25, 0.3) is 5.91 Å². The van der Waals surface area contributed by atoms with E-state index in [4.69, 9.17) is 0 Å². The number of nitrogens with one attached hydrogen (secondary N) is 1. The third-order valence-corrected chi connectivity index (χ3v) is 5.04. The van der Waals surface area contributed by atoms with Crippen molar-refractivity contribution in [3.05, 3.63) is 35.1 Å². The van der Waals surface area contributed by atoms with Crippen LogP contribution in [-0.2, 0) is 0 Å². The van der Waals surface area contributed by atoms with Crippen LogP contribution < -0.4 is 5.32 Å². The van der Waals surface area contributed by atoms with Gasteiger partial charge < -0.3 is 5.32 Å². The second-order valence-corrected chi connectivity index (χ2v) is 6.35. The Labute approximate surface area is 121 Å². The van der Waals surface area contributed by atoms with Gasteiger partial charge in [0.15, 0.2) is 17.5 Å². The van der Waals surface area contributed by atoms with Crippen LogP contribution in [0.1, 0.15) is 43.0 Å². The minimum atomic E-state index is -1.55. The number of carbonyl (C=O) groups excluding carboxylic acids is 1. The first-order chi connectivity index (χ1) is 9.95. The molecule has 0 aliphatic heterocycles. The first-order valence-electron chi connectivity index (χ1n) is 7.41. The van der Waals surface area contributed by atoms with Gasteiger partial charge in [0, 0.05) is 11.6 Å². The molecule has 3 rings (SSSR count). The predicted molar refractivity (Wildman–Crippen MR) is 72.2 cm³/mol. The van der Waals surface area contributed by atoms with Crippen molar-refractivity contribution in [3.8, 4) is 0 Å². The molecule has 2 aliphatic carbocycles. The molecule has 114 valence electrons. The Hall–Kier alpha value is -1.52. The molecule has 4 unspecified atom stereocenters. The minimum absolute atomic E-state index is 0.0380. The van der Waals surface area contributed by atoms with Gasteiger partial charge in [-0.15, -0.1) is 0 Å². The van der Waals surface area contributed by atoms with E-state index in [2.05, 4.69) is 5.32 Å². The molecule has 5 heteroatoms. The van der Waals surface area contributed by atoms with Gasteiger partial charge in [-0.25, -0.2) is 13.2 Å². The number of fused-ring (bicyclic) bond motifs is 2. The standard InChI is InChI=1S/C16H18F3NO/c1-8(12-5-9-2-3-10(12)4-9)20-16(21)11-6-13(17)15(19)14(18)7-11/h6-10,12H,2-5H2,1H3,(H,20,21). The van der Waals surface area contributed by atoms with E-state index in [0.29, 0.717) is 11.8 Å². The molecule has 21 heavy (non-hydrogen) atoms. The quantitative estimate of drug-likeness (QED) is 0.848. The van der Waals surface area contributed by atoms with Crippen molar-refractivity contribution in [1.82, 2.24) is 5.32 Å². The summed E-state index contributed by atoms with van der Waals surface area (Å²) in [5, 5.41) is 2.80. The Morgan fingerprint density at radius 3 is 2.38 bits per heavy atom. The van der Waals surface area contributed by atoms with Gasteiger partial charge in [0.05, 0.1) is 0 Å². The van der Waals surface area contributed by atoms with Crippen molar-refractivity contribution in [1.29, 1.82) is 0 Å². The Morgan fingerprint density at radius 2 is 1.86 bits per heavy atom. The molecule has 0 saturated heterocycles. The Bertz CT molecular complexity index is 552. The number of halogens is 3. The van der Waals surface area contributed by atoms with Gasteiger partial charge in [0.1, 0.15) is 0 Å². The highest BCUT2D eigenvalue weighted by atomic mass is 19.2. The van der Waals surface area contributed by atoms with E-state index >= 15 is 0 Å². The molecule has 0 heterocycles. The van der Waals surface area contributed by atoms with Crippen molar-refractivity contribution >= 4 is 5.91 Å². The van der Waals surface area contributed by atoms with E-state index in [1.54, 1.807) is 0 Å². The summed E-state index contributed by atoms with van der Waals surface area (Å²) < 4.78 is 39.2. The summed E-state index contributed by atoms with van der Waals surface area (Å²) in [7, 11) is 0. The summed E-state index contributed by atoms with van der Waals surface area (Å²) in [6.07, 6.45) is 4.81. The second kappa shape index (κ2) is 5.35. The molecule has 2 saturated carbocycles. The molecule has 2 nitrogen and oxygen atoms in total. The molecule has 1 aromatic carbocycles. The molecule has 1 aromatic rings. The molecule has 2 fully saturated rings. The zero-order chi connectivity index (χ0) is 15.1. The fourth-order valence-electron chi connectivity index (χ4n) is 3.99. The average molecular weight is 297 g/mol. The number of rotatable bonds is 3. The predicted octanol–water partition coefficient (Wildman–Crippen LogP) is 3.66. The molecule has 2 bridgehead atoms. The summed E-state index contributed by atoms with van der Waals surface area (Å²) in [5.74, 6) is -2.94. The molecular formula is C16H18F3NO. The molecule has 0 aromatic heterocycles. The smallest absolute Gasteiger partial charge is 0.251 e. The van der Waals surface area contributed by atoms with Crippen LogP contribution in [0, 0.1) is 35.2 Å². The molecule has 2 aliphatic rings. The maximum Gasteiger partial charge on any atom is 0.251 e. The minimum Gasteiger partial charge on any atom is -0.349 e. The van der Waals surface area contributed by atoms with Crippen molar-refractivity contribution in [2.75, 3.05) is 0 Å². The van der Waals surface area contributed by atoms with Crippen LogP contribution >= 0.6 is 0 Å². The fourth-order valence-corrected chi connectivity index (χ4v) is 3.99. The first-order valence-corrected chi connectivity index (χ1v) is 7.41. The number of hydrogen-bond acceptors (Lipinski definition) is 1. The highest BCUT2D eigenvalue weighted by Crippen LogP contribution is 2.49. The third-order valence-electron chi connectivity index (χ3n) is 5.04. The SMILES string of the molecule is CC(NC(=O)c1cc(F)c(F)c(F)c1)C1CC2CCC1C2. The normalized spacial score (nSPS) is 28.7. The van der Waals surface area contributed by atoms with Gasteiger partial charge in [0.2, 0.25) is 0 Å². The highest BCUT2D eigenvalue weighted by molar-refractivity contribution is 5.94. The zero-order valence-electron chi connectivity index (χ0n) is 11.8. The molecule has 1 N–H and O–H groups in total. The average Bonchev–Trinajstić information content (AvgIpc) is 3.06. The van der Waals surface area contributed by atoms with E-state index in [1.807, 2.05) is 6.92 Å². The largest absolute Gasteiger partial charge is 0.349 e. The lowest BCUT2D eigenvalue weighted by molar-refractivity contribution is 0.0914. The van der Waals surface area contributed by atoms with Crippen LogP contribution in [-0.4, -0.2) is 11.9 Å². The summed E-state index contributed by atoms with van der Waals surface area (Å²) in [6.45, 7) is 1.93. The summed E-state index contributed by atoms with van der Waals surface area (Å²) in [4.78, 5) is 12.1. The van der Waals surface area contributed by atoms with Crippen molar-refractivity contribution in [2.24, 2.45) is 17.8 Å². The zero-order valence-corrected chi connectivity index (χ0v) is 11.8. The van der Waals surface area contributed by atoms with E-state index in [1.165, 1.54) is 19.3 Å². The Morgan fingerprint density at radius 1 is 1.19 bits per heavy atom. The van der Waals surface area contributed by atoms with Crippen molar-refractivity contribution in [3.63, 3.8) is 0 Å². The second-order valence-electron chi connectivity index (χ2n) is 6.35. The number of amides is 1. The molecular weight excluding hydrogens is 279 g/mol. The van der Waals surface area contributed by atoms with Crippen LogP contribution in [0.5, 0.6) is 0 Å². The Kier molecular flexibility index (Phi) is 3.68.